The summed E-state index contributed by atoms with van der Waals surface area (Å²) in [5, 5.41) is 0. The first-order valence-electron chi connectivity index (χ1n) is 4.25. The monoisotopic (exact) mass is 138 g/mol. The van der Waals surface area contributed by atoms with E-state index in [1.54, 1.807) is 0 Å². The maximum absolute atomic E-state index is 11.1. The molecule has 1 spiro atoms. The van der Waals surface area contributed by atoms with E-state index in [-0.39, 0.29) is 0 Å². The fourth-order valence-corrected chi connectivity index (χ4v) is 2.17. The molecule has 1 unspecified atom stereocenters. The average molecular weight is 138 g/mol. The van der Waals surface area contributed by atoms with Crippen LogP contribution in [0.5, 0.6) is 0 Å². The van der Waals surface area contributed by atoms with Crippen molar-refractivity contribution >= 4 is 5.78 Å². The molecule has 1 atom stereocenters. The van der Waals surface area contributed by atoms with Gasteiger partial charge in [-0.25, -0.2) is 0 Å². The van der Waals surface area contributed by atoms with E-state index in [1.165, 1.54) is 12.8 Å². The summed E-state index contributed by atoms with van der Waals surface area (Å²) in [4.78, 5) is 11.1. The maximum atomic E-state index is 11.1. The minimum absolute atomic E-state index is 0.509. The molecule has 2 fully saturated rings. The van der Waals surface area contributed by atoms with Gasteiger partial charge in [-0.3, -0.25) is 4.79 Å². The molecule has 1 nitrogen and oxygen atoms in total. The van der Waals surface area contributed by atoms with E-state index < -0.39 is 0 Å². The van der Waals surface area contributed by atoms with Crippen LogP contribution in [0.15, 0.2) is 0 Å². The van der Waals surface area contributed by atoms with E-state index in [2.05, 4.69) is 6.92 Å². The topological polar surface area (TPSA) is 17.1 Å². The van der Waals surface area contributed by atoms with Gasteiger partial charge in [0, 0.05) is 12.8 Å². The van der Waals surface area contributed by atoms with Crippen LogP contribution in [-0.4, -0.2) is 5.78 Å². The van der Waals surface area contributed by atoms with Crippen molar-refractivity contribution in [3.63, 3.8) is 0 Å². The third-order valence-electron chi connectivity index (χ3n) is 3.34. The SMILES string of the molecule is CC1CCC(=O)CC12CC2. The lowest BCUT2D eigenvalue weighted by molar-refractivity contribution is -0.123. The summed E-state index contributed by atoms with van der Waals surface area (Å²) >= 11 is 0. The molecule has 56 valence electrons. The van der Waals surface area contributed by atoms with Gasteiger partial charge in [0.1, 0.15) is 5.78 Å². The molecule has 0 aromatic rings. The highest BCUT2D eigenvalue weighted by Gasteiger charge is 2.50. The molecule has 1 heteroatoms. The molecular formula is C9H14O. The molecule has 0 saturated heterocycles. The van der Waals surface area contributed by atoms with Crippen LogP contribution >= 0.6 is 0 Å². The lowest BCUT2D eigenvalue weighted by Crippen LogP contribution is -2.23. The fraction of sp³-hybridized carbons (Fsp3) is 0.889. The van der Waals surface area contributed by atoms with Crippen LogP contribution in [-0.2, 0) is 4.79 Å². The van der Waals surface area contributed by atoms with E-state index in [1.807, 2.05) is 0 Å². The second kappa shape index (κ2) is 1.84. The van der Waals surface area contributed by atoms with Gasteiger partial charge in [-0.05, 0) is 30.6 Å². The maximum Gasteiger partial charge on any atom is 0.133 e. The van der Waals surface area contributed by atoms with Crippen LogP contribution in [0.4, 0.5) is 0 Å². The Labute approximate surface area is 61.8 Å². The number of hydrogen-bond acceptors (Lipinski definition) is 1. The Morgan fingerprint density at radius 2 is 2.20 bits per heavy atom. The first-order valence-corrected chi connectivity index (χ1v) is 4.25. The smallest absolute Gasteiger partial charge is 0.133 e. The van der Waals surface area contributed by atoms with Gasteiger partial charge in [-0.2, -0.15) is 0 Å². The van der Waals surface area contributed by atoms with Crippen LogP contribution in [0.1, 0.15) is 39.0 Å². The lowest BCUT2D eigenvalue weighted by Gasteiger charge is -2.27. The molecule has 0 bridgehead atoms. The van der Waals surface area contributed by atoms with Crippen molar-refractivity contribution in [3.8, 4) is 0 Å². The standard InChI is InChI=1S/C9H14O/c1-7-2-3-8(10)6-9(7)4-5-9/h7H,2-6H2,1H3. The van der Waals surface area contributed by atoms with Gasteiger partial charge in [0.2, 0.25) is 0 Å². The summed E-state index contributed by atoms with van der Waals surface area (Å²) in [5.41, 5.74) is 0.509. The van der Waals surface area contributed by atoms with Crippen LogP contribution < -0.4 is 0 Å². The molecule has 0 aromatic heterocycles. The average Bonchev–Trinajstić information content (AvgIpc) is 2.62. The predicted octanol–water partition coefficient (Wildman–Crippen LogP) is 2.16. The van der Waals surface area contributed by atoms with Gasteiger partial charge in [0.05, 0.1) is 0 Å². The normalized spacial score (nSPS) is 36.5. The van der Waals surface area contributed by atoms with Gasteiger partial charge in [-0.15, -0.1) is 0 Å². The van der Waals surface area contributed by atoms with Crippen molar-refractivity contribution in [2.75, 3.05) is 0 Å². The number of ketones is 1. The summed E-state index contributed by atoms with van der Waals surface area (Å²) < 4.78 is 0. The van der Waals surface area contributed by atoms with Crippen molar-refractivity contribution in [1.82, 2.24) is 0 Å². The third kappa shape index (κ3) is 0.799. The number of carbonyl (C=O) groups excluding carboxylic acids is 1. The number of carbonyl (C=O) groups is 1. The zero-order chi connectivity index (χ0) is 7.19. The van der Waals surface area contributed by atoms with Crippen LogP contribution in [0.3, 0.4) is 0 Å². The predicted molar refractivity (Wildman–Crippen MR) is 39.7 cm³/mol. The summed E-state index contributed by atoms with van der Waals surface area (Å²) in [6, 6.07) is 0. The second-order valence-electron chi connectivity index (χ2n) is 4.02. The van der Waals surface area contributed by atoms with E-state index >= 15 is 0 Å². The fourth-order valence-electron chi connectivity index (χ4n) is 2.17. The van der Waals surface area contributed by atoms with Crippen LogP contribution in [0.2, 0.25) is 0 Å². The quantitative estimate of drug-likeness (QED) is 0.501. The molecule has 2 aliphatic rings. The second-order valence-corrected chi connectivity index (χ2v) is 4.02. The Balaban J connectivity index is 2.10. The van der Waals surface area contributed by atoms with Crippen molar-refractivity contribution < 1.29 is 4.79 Å². The number of hydrogen-bond donors (Lipinski definition) is 0. The highest BCUT2D eigenvalue weighted by Crippen LogP contribution is 2.58. The highest BCUT2D eigenvalue weighted by molar-refractivity contribution is 5.80. The molecule has 10 heavy (non-hydrogen) atoms. The third-order valence-corrected chi connectivity index (χ3v) is 3.34. The van der Waals surface area contributed by atoms with E-state index in [4.69, 9.17) is 0 Å². The first-order chi connectivity index (χ1) is 4.73. The molecule has 2 saturated carbocycles. The zero-order valence-corrected chi connectivity index (χ0v) is 6.52. The summed E-state index contributed by atoms with van der Waals surface area (Å²) in [5.74, 6) is 1.33. The van der Waals surface area contributed by atoms with Crippen molar-refractivity contribution in [1.29, 1.82) is 0 Å². The molecule has 0 radical (unpaired) electrons. The molecular weight excluding hydrogens is 124 g/mol. The highest BCUT2D eigenvalue weighted by atomic mass is 16.1. The van der Waals surface area contributed by atoms with E-state index in [0.29, 0.717) is 11.2 Å². The largest absolute Gasteiger partial charge is 0.300 e. The lowest BCUT2D eigenvalue weighted by atomic mass is 9.77. The minimum atomic E-state index is 0.509. The molecule has 0 N–H and O–H groups in total. The van der Waals surface area contributed by atoms with Gasteiger partial charge >= 0.3 is 0 Å². The zero-order valence-electron chi connectivity index (χ0n) is 6.52. The molecule has 2 rings (SSSR count). The number of rotatable bonds is 0. The first kappa shape index (κ1) is 6.38. The summed E-state index contributed by atoms with van der Waals surface area (Å²) in [7, 11) is 0. The minimum Gasteiger partial charge on any atom is -0.300 e. The summed E-state index contributed by atoms with van der Waals surface area (Å²) in [6.07, 6.45) is 5.54. The van der Waals surface area contributed by atoms with Crippen molar-refractivity contribution in [2.45, 2.75) is 39.0 Å². The van der Waals surface area contributed by atoms with Gasteiger partial charge < -0.3 is 0 Å². The summed E-state index contributed by atoms with van der Waals surface area (Å²) in [6.45, 7) is 2.30. The van der Waals surface area contributed by atoms with Crippen LogP contribution in [0.25, 0.3) is 0 Å². The Morgan fingerprint density at radius 3 is 2.70 bits per heavy atom. The molecule has 2 aliphatic carbocycles. The van der Waals surface area contributed by atoms with Crippen molar-refractivity contribution in [3.05, 3.63) is 0 Å². The van der Waals surface area contributed by atoms with Crippen molar-refractivity contribution in [2.24, 2.45) is 11.3 Å². The molecule has 0 heterocycles. The Bertz CT molecular complexity index is 168. The molecule has 0 aliphatic heterocycles. The number of Topliss-reactive ketones (excluding diaryl/α,β-unsaturated/α-hetero) is 1. The Morgan fingerprint density at radius 1 is 1.50 bits per heavy atom. The Hall–Kier alpha value is -0.330. The molecule has 0 amide bonds. The van der Waals surface area contributed by atoms with E-state index in [9.17, 15) is 4.79 Å². The Kier molecular flexibility index (Phi) is 1.17. The van der Waals surface area contributed by atoms with Gasteiger partial charge in [-0.1, -0.05) is 6.92 Å². The van der Waals surface area contributed by atoms with Crippen LogP contribution in [0, 0.1) is 11.3 Å². The van der Waals surface area contributed by atoms with Gasteiger partial charge in [0.15, 0.2) is 0 Å². The van der Waals surface area contributed by atoms with Gasteiger partial charge in [0.25, 0.3) is 0 Å². The molecule has 0 aromatic carbocycles. The van der Waals surface area contributed by atoms with E-state index in [0.717, 1.165) is 25.2 Å².